The normalized spacial score (nSPS) is 16.3. The molecule has 2 rings (SSSR count). The molecule has 0 fully saturated rings. The van der Waals surface area contributed by atoms with Gasteiger partial charge >= 0.3 is 0 Å². The first-order valence-corrected chi connectivity index (χ1v) is 5.26. The summed E-state index contributed by atoms with van der Waals surface area (Å²) in [7, 11) is 0. The highest BCUT2D eigenvalue weighted by Gasteiger charge is 2.17. The minimum absolute atomic E-state index is 0.568. The number of imidazole rings is 1. The van der Waals surface area contributed by atoms with Gasteiger partial charge in [0, 0.05) is 18.7 Å². The third kappa shape index (κ3) is 1.38. The summed E-state index contributed by atoms with van der Waals surface area (Å²) in [5.41, 5.74) is 2.70. The maximum absolute atomic E-state index is 4.71. The second kappa shape index (κ2) is 3.17. The predicted molar refractivity (Wildman–Crippen MR) is 54.0 cm³/mol. The number of fused-ring (bicyclic) bond motifs is 1. The molecule has 13 heavy (non-hydrogen) atoms. The molecule has 0 bridgehead atoms. The Bertz CT molecular complexity index is 310. The van der Waals surface area contributed by atoms with Gasteiger partial charge in [-0.05, 0) is 25.7 Å². The molecule has 0 radical (unpaired) electrons. The lowest BCUT2D eigenvalue weighted by atomic mass is 10.1. The van der Waals surface area contributed by atoms with Crippen LogP contribution in [0.25, 0.3) is 0 Å². The first kappa shape index (κ1) is 8.79. The van der Waals surface area contributed by atoms with Crippen molar-refractivity contribution in [3.8, 4) is 0 Å². The van der Waals surface area contributed by atoms with Gasteiger partial charge in [0.1, 0.15) is 5.82 Å². The van der Waals surface area contributed by atoms with Gasteiger partial charge in [-0.15, -0.1) is 0 Å². The lowest BCUT2D eigenvalue weighted by Crippen LogP contribution is -2.11. The molecule has 72 valence electrons. The van der Waals surface area contributed by atoms with Crippen molar-refractivity contribution in [1.29, 1.82) is 0 Å². The molecule has 0 saturated heterocycles. The van der Waals surface area contributed by atoms with Gasteiger partial charge in [-0.3, -0.25) is 0 Å². The van der Waals surface area contributed by atoms with Crippen molar-refractivity contribution in [2.75, 3.05) is 0 Å². The molecule has 0 atom stereocenters. The van der Waals surface area contributed by atoms with Crippen LogP contribution < -0.4 is 0 Å². The van der Waals surface area contributed by atoms with Gasteiger partial charge in [-0.25, -0.2) is 4.98 Å². The zero-order valence-corrected chi connectivity index (χ0v) is 8.80. The number of hydrogen-bond donors (Lipinski definition) is 0. The summed E-state index contributed by atoms with van der Waals surface area (Å²) in [6, 6.07) is 0. The van der Waals surface area contributed by atoms with E-state index in [1.807, 2.05) is 0 Å². The predicted octanol–water partition coefficient (Wildman–Crippen LogP) is 2.65. The van der Waals surface area contributed by atoms with Gasteiger partial charge in [0.15, 0.2) is 0 Å². The summed E-state index contributed by atoms with van der Waals surface area (Å²) < 4.78 is 2.40. The molecule has 0 amide bonds. The molecule has 0 spiro atoms. The minimum Gasteiger partial charge on any atom is -0.332 e. The Morgan fingerprint density at radius 2 is 2.08 bits per heavy atom. The largest absolute Gasteiger partial charge is 0.332 e. The van der Waals surface area contributed by atoms with Gasteiger partial charge < -0.3 is 4.57 Å². The molecular weight excluding hydrogens is 160 g/mol. The lowest BCUT2D eigenvalue weighted by Gasteiger charge is -2.14. The molecule has 1 aromatic heterocycles. The molecule has 1 aliphatic rings. The number of hydrogen-bond acceptors (Lipinski definition) is 1. The molecule has 1 aromatic rings. The van der Waals surface area contributed by atoms with Crippen molar-refractivity contribution in [2.24, 2.45) is 0 Å². The molecule has 0 unspecified atom stereocenters. The van der Waals surface area contributed by atoms with Crippen LogP contribution >= 0.6 is 0 Å². The van der Waals surface area contributed by atoms with Crippen LogP contribution in [0.2, 0.25) is 0 Å². The van der Waals surface area contributed by atoms with Crippen molar-refractivity contribution >= 4 is 0 Å². The van der Waals surface area contributed by atoms with Crippen LogP contribution in [0.3, 0.4) is 0 Å². The van der Waals surface area contributed by atoms with Gasteiger partial charge in [0.05, 0.1) is 5.69 Å². The Labute approximate surface area is 80.0 Å². The number of aromatic nitrogens is 2. The van der Waals surface area contributed by atoms with Crippen molar-refractivity contribution < 1.29 is 0 Å². The highest BCUT2D eigenvalue weighted by atomic mass is 15.1. The summed E-state index contributed by atoms with van der Waals surface area (Å²) in [6.07, 6.45) is 3.81. The second-order valence-corrected chi connectivity index (χ2v) is 4.26. The molecule has 2 nitrogen and oxygen atoms in total. The fraction of sp³-hybridized carbons (Fsp3) is 0.727. The Balaban J connectivity index is 2.44. The van der Waals surface area contributed by atoms with Crippen molar-refractivity contribution in [2.45, 2.75) is 52.5 Å². The molecule has 2 heterocycles. The third-order valence-electron chi connectivity index (χ3n) is 2.92. The van der Waals surface area contributed by atoms with Crippen LogP contribution in [0.1, 0.15) is 49.8 Å². The number of aryl methyl sites for hydroxylation is 1. The molecular formula is C11H18N2. The molecule has 0 aliphatic carbocycles. The van der Waals surface area contributed by atoms with Crippen LogP contribution in [-0.4, -0.2) is 9.55 Å². The van der Waals surface area contributed by atoms with Gasteiger partial charge in [-0.2, -0.15) is 0 Å². The monoisotopic (exact) mass is 178 g/mol. The van der Waals surface area contributed by atoms with Crippen LogP contribution in [-0.2, 0) is 13.0 Å². The summed E-state index contributed by atoms with van der Waals surface area (Å²) in [4.78, 5) is 4.71. The van der Waals surface area contributed by atoms with E-state index in [2.05, 4.69) is 25.3 Å². The number of rotatable bonds is 1. The van der Waals surface area contributed by atoms with Gasteiger partial charge in [0.25, 0.3) is 0 Å². The Morgan fingerprint density at radius 1 is 1.31 bits per heavy atom. The summed E-state index contributed by atoms with van der Waals surface area (Å²) in [5, 5.41) is 0. The first-order chi connectivity index (χ1) is 6.20. The average molecular weight is 178 g/mol. The van der Waals surface area contributed by atoms with E-state index in [0.717, 1.165) is 0 Å². The minimum atomic E-state index is 0.568. The average Bonchev–Trinajstić information content (AvgIpc) is 2.45. The van der Waals surface area contributed by atoms with Crippen LogP contribution in [0, 0.1) is 6.92 Å². The lowest BCUT2D eigenvalue weighted by molar-refractivity contribution is 0.514. The van der Waals surface area contributed by atoms with E-state index >= 15 is 0 Å². The Morgan fingerprint density at radius 3 is 2.69 bits per heavy atom. The fourth-order valence-corrected chi connectivity index (χ4v) is 2.20. The van der Waals surface area contributed by atoms with E-state index in [1.54, 1.807) is 0 Å². The topological polar surface area (TPSA) is 17.8 Å². The molecule has 0 saturated carbocycles. The Kier molecular flexibility index (Phi) is 2.14. The maximum atomic E-state index is 4.71. The SMILES string of the molecule is Cc1c(C(C)C)nc2n1CCCC2. The highest BCUT2D eigenvalue weighted by molar-refractivity contribution is 5.20. The summed E-state index contributed by atoms with van der Waals surface area (Å²) >= 11 is 0. The molecule has 2 heteroatoms. The highest BCUT2D eigenvalue weighted by Crippen LogP contribution is 2.23. The van der Waals surface area contributed by atoms with E-state index in [0.29, 0.717) is 5.92 Å². The first-order valence-electron chi connectivity index (χ1n) is 5.26. The standard InChI is InChI=1S/C11H18N2/c1-8(2)11-9(3)13-7-5-4-6-10(13)12-11/h8H,4-7H2,1-3H3. The molecule has 0 N–H and O–H groups in total. The van der Waals surface area contributed by atoms with E-state index in [1.165, 1.54) is 43.0 Å². The van der Waals surface area contributed by atoms with Crippen LogP contribution in [0.5, 0.6) is 0 Å². The van der Waals surface area contributed by atoms with E-state index in [4.69, 9.17) is 4.98 Å². The second-order valence-electron chi connectivity index (χ2n) is 4.26. The van der Waals surface area contributed by atoms with Gasteiger partial charge in [-0.1, -0.05) is 13.8 Å². The van der Waals surface area contributed by atoms with Crippen LogP contribution in [0.4, 0.5) is 0 Å². The zero-order chi connectivity index (χ0) is 9.42. The fourth-order valence-electron chi connectivity index (χ4n) is 2.20. The zero-order valence-electron chi connectivity index (χ0n) is 8.80. The summed E-state index contributed by atoms with van der Waals surface area (Å²) in [6.45, 7) is 7.83. The maximum Gasteiger partial charge on any atom is 0.109 e. The van der Waals surface area contributed by atoms with E-state index in [9.17, 15) is 0 Å². The van der Waals surface area contributed by atoms with Crippen molar-refractivity contribution in [3.05, 3.63) is 17.2 Å². The molecule has 0 aromatic carbocycles. The van der Waals surface area contributed by atoms with E-state index in [-0.39, 0.29) is 0 Å². The van der Waals surface area contributed by atoms with E-state index < -0.39 is 0 Å². The quantitative estimate of drug-likeness (QED) is 0.646. The number of nitrogens with zero attached hydrogens (tertiary/aromatic N) is 2. The third-order valence-corrected chi connectivity index (χ3v) is 2.92. The van der Waals surface area contributed by atoms with Crippen molar-refractivity contribution in [3.63, 3.8) is 0 Å². The van der Waals surface area contributed by atoms with Crippen molar-refractivity contribution in [1.82, 2.24) is 9.55 Å². The Hall–Kier alpha value is -0.790. The molecule has 1 aliphatic heterocycles. The smallest absolute Gasteiger partial charge is 0.109 e. The summed E-state index contributed by atoms with van der Waals surface area (Å²) in [5.74, 6) is 1.88. The van der Waals surface area contributed by atoms with Gasteiger partial charge in [0.2, 0.25) is 0 Å². The van der Waals surface area contributed by atoms with Crippen LogP contribution in [0.15, 0.2) is 0 Å².